The third kappa shape index (κ3) is 32.8. The van der Waals surface area contributed by atoms with E-state index < -0.39 is 33.1 Å². The van der Waals surface area contributed by atoms with Crippen LogP contribution in [0.3, 0.4) is 0 Å². The summed E-state index contributed by atoms with van der Waals surface area (Å²) in [4.78, 5) is 41.9. The smallest absolute Gasteiger partial charge is 0.325 e. The van der Waals surface area contributed by atoms with Crippen molar-refractivity contribution in [3.63, 3.8) is 0 Å². The summed E-state index contributed by atoms with van der Waals surface area (Å²) in [6.07, 6.45) is 1.24. The van der Waals surface area contributed by atoms with Gasteiger partial charge in [0.25, 0.3) is 6.92 Å². The number of ketones is 2. The predicted molar refractivity (Wildman–Crippen MR) is 253 cm³/mol. The Bertz CT molecular complexity index is 1950. The largest absolute Gasteiger partial charge is 0.480 e. The number of H-pyrrole nitrogens is 1. The van der Waals surface area contributed by atoms with Gasteiger partial charge in [0.1, 0.15) is 18.9 Å². The van der Waals surface area contributed by atoms with Crippen LogP contribution in [0.4, 0.5) is 0 Å². The molecule has 0 aliphatic rings. The molecule has 3 aromatic rings. The fraction of sp³-hybridized carbons (Fsp3) is 0.850. The van der Waals surface area contributed by atoms with Crippen LogP contribution in [0.2, 0.25) is 12.1 Å². The van der Waals surface area contributed by atoms with Crippen molar-refractivity contribution in [3.05, 3.63) is 17.5 Å². The average Bonchev–Trinajstić information content (AvgIpc) is 3.82. The van der Waals surface area contributed by atoms with Gasteiger partial charge in [0.15, 0.2) is 33.1 Å². The van der Waals surface area contributed by atoms with Gasteiger partial charge in [0, 0.05) is 40.2 Å². The Balaban J connectivity index is -0.000000334. The predicted octanol–water partition coefficient (Wildman–Crippen LogP) is 6.47. The van der Waals surface area contributed by atoms with Crippen LogP contribution in [0, 0.1) is 5.41 Å². The van der Waals surface area contributed by atoms with Gasteiger partial charge in [-0.2, -0.15) is 10.0 Å². The number of carbonyl (C=O) groups excluding carboxylic acids is 2. The zero-order valence-corrected chi connectivity index (χ0v) is 45.3. The molecule has 0 spiro atoms. The van der Waals surface area contributed by atoms with Gasteiger partial charge in [-0.1, -0.05) is 130 Å². The second kappa shape index (κ2) is 27.0. The Hall–Kier alpha value is -3.82. The van der Waals surface area contributed by atoms with E-state index >= 15 is 0 Å². The van der Waals surface area contributed by atoms with E-state index in [4.69, 9.17) is 15.0 Å². The Morgan fingerprint density at radius 1 is 0.797 bits per heavy atom. The molecule has 0 bridgehead atoms. The summed E-state index contributed by atoms with van der Waals surface area (Å²) in [7, 11) is -5.69. The van der Waals surface area contributed by atoms with Gasteiger partial charge in [-0.3, -0.25) is 18.9 Å². The molecule has 0 saturated heterocycles. The molecule has 1 atom stereocenters. The van der Waals surface area contributed by atoms with E-state index in [9.17, 15) is 27.4 Å². The number of aliphatic carboxylic acids is 1. The van der Waals surface area contributed by atoms with Crippen molar-refractivity contribution in [2.75, 3.05) is 12.9 Å². The van der Waals surface area contributed by atoms with Crippen molar-refractivity contribution in [2.45, 2.75) is 204 Å². The van der Waals surface area contributed by atoms with Crippen molar-refractivity contribution in [1.29, 1.82) is 0 Å². The molecule has 0 aromatic carbocycles. The highest BCUT2D eigenvalue weighted by molar-refractivity contribution is 7.92. The molecule has 0 fully saturated rings. The fourth-order valence-corrected chi connectivity index (χ4v) is 2.20. The second-order valence-electron chi connectivity index (χ2n) is 21.6. The van der Waals surface area contributed by atoms with Crippen LogP contribution in [0.1, 0.15) is 176 Å². The normalized spacial score (nSPS) is 12.8. The maximum atomic E-state index is 10.8. The van der Waals surface area contributed by atoms with Gasteiger partial charge in [-0.05, 0) is 55.6 Å². The Labute approximate surface area is 384 Å². The van der Waals surface area contributed by atoms with Gasteiger partial charge >= 0.3 is 5.97 Å². The third-order valence-electron chi connectivity index (χ3n) is 8.52. The zero-order chi connectivity index (χ0) is 52.3. The first kappa shape index (κ1) is 66.8. The highest BCUT2D eigenvalue weighted by atomic mass is 32.2. The first-order valence-corrected chi connectivity index (χ1v) is 24.7. The molecule has 24 heteroatoms. The molecule has 21 nitrogen and oxygen atoms in total. The van der Waals surface area contributed by atoms with Gasteiger partial charge < -0.3 is 15.0 Å². The zero-order valence-electron chi connectivity index (χ0n) is 43.6. The van der Waals surface area contributed by atoms with Crippen molar-refractivity contribution in [2.24, 2.45) is 5.41 Å². The lowest BCUT2D eigenvalue weighted by molar-refractivity contribution is -0.138. The molecule has 0 saturated carbocycles. The van der Waals surface area contributed by atoms with Crippen molar-refractivity contribution >= 4 is 41.7 Å². The van der Waals surface area contributed by atoms with E-state index in [2.05, 4.69) is 51.6 Å². The summed E-state index contributed by atoms with van der Waals surface area (Å²) in [5, 5.41) is 52.9. The molecule has 3 aromatic heterocycles. The van der Waals surface area contributed by atoms with Crippen LogP contribution in [0.25, 0.3) is 0 Å². The number of nitrogens with zero attached hydrogens (tertiary/aromatic N) is 11. The molecule has 4 N–H and O–H groups in total. The van der Waals surface area contributed by atoms with Crippen LogP contribution in [0.5, 0.6) is 0 Å². The summed E-state index contributed by atoms with van der Waals surface area (Å²) in [6.45, 7) is 44.0. The third-order valence-corrected chi connectivity index (χ3v) is 13.2. The minimum Gasteiger partial charge on any atom is -0.480 e. The molecule has 1 unspecified atom stereocenters. The number of aromatic amines is 1. The molecule has 0 amide bonds. The van der Waals surface area contributed by atoms with Crippen LogP contribution < -0.4 is 0 Å². The number of tetrazole rings is 3. The van der Waals surface area contributed by atoms with Gasteiger partial charge in [0.05, 0.1) is 4.75 Å². The number of hydrogen-bond acceptors (Lipinski definition) is 16. The highest BCUT2D eigenvalue weighted by Gasteiger charge is 2.28. The van der Waals surface area contributed by atoms with E-state index in [1.54, 1.807) is 55.3 Å². The Kier molecular flexibility index (Phi) is 28.1. The van der Waals surface area contributed by atoms with Gasteiger partial charge in [0.2, 0.25) is 7.37 Å². The lowest BCUT2D eigenvalue weighted by atomic mass is 9.50. The standard InChI is InChI=1S/C8H14N4O.C7H12N4O2.C6H12O.C5H13BO.C5H13O2P.C5H12O2S.C4H8N4/c1-6(13)5-12-10-7(9-11-12)8(2,3)4;1-7(2,3)6-8-9-10-11(6)4-5(12)13;1-5(7)6(2,3)4;1-5(2,3)6(4)7;2*1-5(2,3)8(4,6)7;1-3(2)4-5-7-8-6-4/h5H2,1-4H3;4H2,1-3H3,(H,12,13);1-4H3;7H,1-4H3;1-4H3,(H,6,7);1-4H3;3H,1-2H3,(H,5,6,7,8). The molecule has 3 rings (SSSR count). The Morgan fingerprint density at radius 2 is 1.20 bits per heavy atom. The van der Waals surface area contributed by atoms with E-state index in [0.717, 1.165) is 5.82 Å². The number of carboxylic acids is 1. The molecule has 0 aliphatic carbocycles. The lowest BCUT2D eigenvalue weighted by Gasteiger charge is -2.21. The second-order valence-corrected chi connectivity index (χ2v) is 27.5. The summed E-state index contributed by atoms with van der Waals surface area (Å²) in [6, 6.07) is 0. The summed E-state index contributed by atoms with van der Waals surface area (Å²) in [5.74, 6) is 1.70. The SMILES string of the molecule is CB(O)C(C)(C)C.CC(=O)C(C)(C)C.CC(=O)Cn1nnc(C(C)(C)C)n1.CC(C)(C)P(C)(=O)O.CC(C)(C)S(C)(=O)=O.CC(C)(C)c1nnnn1CC(=O)O.CC(C)c1nn[nH]n1. The van der Waals surface area contributed by atoms with E-state index in [1.165, 1.54) is 29.3 Å². The first-order chi connectivity index (χ1) is 28.0. The maximum absolute atomic E-state index is 10.8. The van der Waals surface area contributed by atoms with Crippen molar-refractivity contribution in [3.8, 4) is 0 Å². The monoisotopic (exact) mass is 951 g/mol. The van der Waals surface area contributed by atoms with Crippen LogP contribution >= 0.6 is 7.37 Å². The molecule has 0 radical (unpaired) electrons. The topological polar surface area (TPSA) is 305 Å². The van der Waals surface area contributed by atoms with Crippen molar-refractivity contribution in [1.82, 2.24) is 61.0 Å². The summed E-state index contributed by atoms with van der Waals surface area (Å²) >= 11 is 0. The molecular weight excluding hydrogens is 866 g/mol. The van der Waals surface area contributed by atoms with E-state index in [-0.39, 0.29) is 53.1 Å². The first-order valence-electron chi connectivity index (χ1n) is 20.7. The molecule has 0 aliphatic heterocycles. The number of hydrogen-bond donors (Lipinski definition) is 4. The van der Waals surface area contributed by atoms with Crippen LogP contribution in [0.15, 0.2) is 0 Å². The summed E-state index contributed by atoms with van der Waals surface area (Å²) in [5.41, 5.74) is -0.492. The lowest BCUT2D eigenvalue weighted by Crippen LogP contribution is -2.26. The number of Topliss-reactive ketones (excluding diaryl/α,β-unsaturated/α-hetero) is 2. The van der Waals surface area contributed by atoms with Crippen LogP contribution in [-0.2, 0) is 52.7 Å². The number of carbonyl (C=O) groups is 3. The minimum absolute atomic E-state index is 0.0258. The fourth-order valence-electron chi connectivity index (χ4n) is 2.20. The van der Waals surface area contributed by atoms with Crippen molar-refractivity contribution < 1.29 is 42.4 Å². The average molecular weight is 951 g/mol. The quantitative estimate of drug-likeness (QED) is 0.157. The summed E-state index contributed by atoms with van der Waals surface area (Å²) < 4.78 is 32.8. The number of aromatic nitrogens is 12. The van der Waals surface area contributed by atoms with Gasteiger partial charge in [-0.25, -0.2) is 13.1 Å². The van der Waals surface area contributed by atoms with E-state index in [1.807, 2.05) is 96.9 Å². The molecule has 372 valence electrons. The number of rotatable bonds is 5. The highest BCUT2D eigenvalue weighted by Crippen LogP contribution is 2.49. The Morgan fingerprint density at radius 3 is 1.41 bits per heavy atom. The van der Waals surface area contributed by atoms with Crippen LogP contribution in [-0.4, -0.2) is 132 Å². The van der Waals surface area contributed by atoms with Gasteiger partial charge in [-0.15, -0.1) is 25.5 Å². The molecule has 64 heavy (non-hydrogen) atoms. The minimum atomic E-state index is -2.85. The number of sulfone groups is 1. The number of carboxylic acid groups (broad SMARTS) is 1. The number of nitrogens with one attached hydrogen (secondary N) is 1. The van der Waals surface area contributed by atoms with E-state index in [0.29, 0.717) is 17.6 Å². The molecular formula is C40H84BN12O9PS. The maximum Gasteiger partial charge on any atom is 0.325 e. The molecule has 3 heterocycles.